The number of carbonyl (C=O) groups is 1. The van der Waals surface area contributed by atoms with E-state index in [-0.39, 0.29) is 18.8 Å². The van der Waals surface area contributed by atoms with Crippen molar-refractivity contribution < 1.29 is 19.0 Å². The second-order valence-corrected chi connectivity index (χ2v) is 6.16. The van der Waals surface area contributed by atoms with Gasteiger partial charge in [-0.2, -0.15) is 0 Å². The van der Waals surface area contributed by atoms with Gasteiger partial charge in [-0.3, -0.25) is 4.79 Å². The predicted molar refractivity (Wildman–Crippen MR) is 88.2 cm³/mol. The Morgan fingerprint density at radius 1 is 1.12 bits per heavy atom. The Hall–Kier alpha value is -2.53. The van der Waals surface area contributed by atoms with Crippen molar-refractivity contribution in [2.75, 3.05) is 20.4 Å². The highest BCUT2D eigenvalue weighted by Gasteiger charge is 2.24. The molecule has 0 fully saturated rings. The highest BCUT2D eigenvalue weighted by atomic mass is 16.7. The molecule has 0 radical (unpaired) electrons. The van der Waals surface area contributed by atoms with Crippen molar-refractivity contribution in [2.45, 2.75) is 19.1 Å². The van der Waals surface area contributed by atoms with E-state index >= 15 is 0 Å². The molecule has 1 atom stereocenters. The Morgan fingerprint density at radius 2 is 1.92 bits per heavy atom. The number of rotatable bonds is 3. The molecule has 4 rings (SSSR count). The molecule has 2 aliphatic heterocycles. The molecule has 0 N–H and O–H groups in total. The van der Waals surface area contributed by atoms with Gasteiger partial charge in [0.2, 0.25) is 6.79 Å². The number of hydrogen-bond donors (Lipinski definition) is 0. The zero-order valence-corrected chi connectivity index (χ0v) is 13.5. The number of nitrogens with zero attached hydrogens (tertiary/aromatic N) is 1. The van der Waals surface area contributed by atoms with E-state index < -0.39 is 0 Å². The van der Waals surface area contributed by atoms with Gasteiger partial charge in [0.1, 0.15) is 0 Å². The van der Waals surface area contributed by atoms with Gasteiger partial charge in [-0.05, 0) is 29.3 Å². The Labute approximate surface area is 140 Å². The van der Waals surface area contributed by atoms with Crippen LogP contribution in [0.5, 0.6) is 11.5 Å². The second-order valence-electron chi connectivity index (χ2n) is 6.16. The summed E-state index contributed by atoms with van der Waals surface area (Å²) in [7, 11) is 1.80. The average molecular weight is 325 g/mol. The van der Waals surface area contributed by atoms with Gasteiger partial charge >= 0.3 is 0 Å². The number of amides is 1. The summed E-state index contributed by atoms with van der Waals surface area (Å²) in [6.45, 7) is 1.37. The van der Waals surface area contributed by atoms with Gasteiger partial charge in [-0.25, -0.2) is 0 Å². The van der Waals surface area contributed by atoms with Crippen LogP contribution in [0.1, 0.15) is 21.5 Å². The van der Waals surface area contributed by atoms with E-state index in [1.54, 1.807) is 30.1 Å². The van der Waals surface area contributed by atoms with Crippen molar-refractivity contribution in [3.63, 3.8) is 0 Å². The molecule has 0 saturated carbocycles. The Morgan fingerprint density at radius 3 is 2.79 bits per heavy atom. The van der Waals surface area contributed by atoms with Gasteiger partial charge in [0.05, 0.1) is 12.7 Å². The van der Waals surface area contributed by atoms with Gasteiger partial charge in [-0.1, -0.05) is 24.3 Å². The molecule has 0 aliphatic carbocycles. The lowest BCUT2D eigenvalue weighted by Gasteiger charge is -2.29. The normalized spacial score (nSPS) is 18.1. The predicted octanol–water partition coefficient (Wildman–Crippen LogP) is 2.63. The summed E-state index contributed by atoms with van der Waals surface area (Å²) >= 11 is 0. The van der Waals surface area contributed by atoms with E-state index in [2.05, 4.69) is 12.1 Å². The summed E-state index contributed by atoms with van der Waals surface area (Å²) in [4.78, 5) is 14.3. The number of hydrogen-bond acceptors (Lipinski definition) is 4. The number of carbonyl (C=O) groups excluding carboxylic acids is 1. The molecule has 5 heteroatoms. The molecule has 0 spiro atoms. The van der Waals surface area contributed by atoms with Crippen molar-refractivity contribution in [3.8, 4) is 11.5 Å². The van der Waals surface area contributed by atoms with E-state index in [0.717, 1.165) is 6.42 Å². The van der Waals surface area contributed by atoms with Crippen LogP contribution in [0.15, 0.2) is 42.5 Å². The first-order valence-electron chi connectivity index (χ1n) is 8.04. The molecule has 5 nitrogen and oxygen atoms in total. The minimum atomic E-state index is -0.0456. The fourth-order valence-electron chi connectivity index (χ4n) is 3.16. The lowest BCUT2D eigenvalue weighted by atomic mass is 9.99. The summed E-state index contributed by atoms with van der Waals surface area (Å²) in [6, 6.07) is 13.6. The van der Waals surface area contributed by atoms with E-state index in [0.29, 0.717) is 30.2 Å². The third kappa shape index (κ3) is 2.83. The first-order chi connectivity index (χ1) is 11.7. The van der Waals surface area contributed by atoms with Gasteiger partial charge in [0, 0.05) is 25.6 Å². The van der Waals surface area contributed by atoms with Crippen LogP contribution in [0, 0.1) is 0 Å². The van der Waals surface area contributed by atoms with Crippen LogP contribution in [0.2, 0.25) is 0 Å². The first kappa shape index (κ1) is 15.0. The monoisotopic (exact) mass is 325 g/mol. The first-order valence-corrected chi connectivity index (χ1v) is 8.04. The van der Waals surface area contributed by atoms with Crippen molar-refractivity contribution in [1.29, 1.82) is 0 Å². The van der Waals surface area contributed by atoms with Crippen LogP contribution < -0.4 is 9.47 Å². The Kier molecular flexibility index (Phi) is 3.86. The van der Waals surface area contributed by atoms with Crippen LogP contribution in [0.4, 0.5) is 0 Å². The molecular formula is C19H19NO4. The van der Waals surface area contributed by atoms with Gasteiger partial charge in [-0.15, -0.1) is 0 Å². The van der Waals surface area contributed by atoms with Crippen LogP contribution in [-0.2, 0) is 17.8 Å². The highest BCUT2D eigenvalue weighted by Crippen LogP contribution is 2.32. The van der Waals surface area contributed by atoms with Gasteiger partial charge in [0.15, 0.2) is 11.5 Å². The quantitative estimate of drug-likeness (QED) is 0.870. The summed E-state index contributed by atoms with van der Waals surface area (Å²) in [5.74, 6) is 1.26. The third-order valence-electron chi connectivity index (χ3n) is 4.48. The van der Waals surface area contributed by atoms with Crippen molar-refractivity contribution >= 4 is 5.91 Å². The minimum absolute atomic E-state index is 0.0165. The fraction of sp³-hybridized carbons (Fsp3) is 0.316. The maximum atomic E-state index is 12.6. The van der Waals surface area contributed by atoms with Gasteiger partial charge in [0.25, 0.3) is 5.91 Å². The number of benzene rings is 2. The average Bonchev–Trinajstić information content (AvgIpc) is 3.08. The maximum Gasteiger partial charge on any atom is 0.253 e. The zero-order valence-electron chi connectivity index (χ0n) is 13.5. The van der Waals surface area contributed by atoms with Crippen LogP contribution in [0.3, 0.4) is 0 Å². The third-order valence-corrected chi connectivity index (χ3v) is 4.48. The lowest BCUT2D eigenvalue weighted by Crippen LogP contribution is -2.38. The molecule has 24 heavy (non-hydrogen) atoms. The molecular weight excluding hydrogens is 306 g/mol. The minimum Gasteiger partial charge on any atom is -0.454 e. The summed E-state index contributed by atoms with van der Waals surface area (Å²) in [5.41, 5.74) is 3.13. The molecule has 124 valence electrons. The molecule has 0 aromatic heterocycles. The van der Waals surface area contributed by atoms with E-state index in [4.69, 9.17) is 14.2 Å². The largest absolute Gasteiger partial charge is 0.454 e. The standard InChI is InChI=1S/C19H19NO4/c1-20(10-16-8-13-4-2-3-5-15(13)11-22-16)19(21)14-6-7-17-18(9-14)24-12-23-17/h2-7,9,16H,8,10-12H2,1H3/t16-/m0/s1. The Balaban J connectivity index is 1.43. The van der Waals surface area contributed by atoms with Crippen molar-refractivity contribution in [2.24, 2.45) is 0 Å². The van der Waals surface area contributed by atoms with E-state index in [1.165, 1.54) is 11.1 Å². The zero-order chi connectivity index (χ0) is 16.5. The molecule has 1 amide bonds. The molecule has 2 heterocycles. The summed E-state index contributed by atoms with van der Waals surface area (Å²) in [6.07, 6.45) is 0.845. The SMILES string of the molecule is CN(C[C@@H]1Cc2ccccc2CO1)C(=O)c1ccc2c(c1)OCO2. The smallest absolute Gasteiger partial charge is 0.253 e. The molecule has 0 unspecified atom stereocenters. The second kappa shape index (κ2) is 6.17. The van der Waals surface area contributed by atoms with Crippen LogP contribution in [-0.4, -0.2) is 37.3 Å². The maximum absolute atomic E-state index is 12.6. The van der Waals surface area contributed by atoms with Crippen molar-refractivity contribution in [3.05, 3.63) is 59.2 Å². The van der Waals surface area contributed by atoms with Crippen molar-refractivity contribution in [1.82, 2.24) is 4.90 Å². The van der Waals surface area contributed by atoms with Crippen LogP contribution in [0.25, 0.3) is 0 Å². The van der Waals surface area contributed by atoms with Gasteiger partial charge < -0.3 is 19.1 Å². The number of ether oxygens (including phenoxy) is 3. The summed E-state index contributed by atoms with van der Waals surface area (Å²) in [5, 5.41) is 0. The molecule has 2 aromatic carbocycles. The summed E-state index contributed by atoms with van der Waals surface area (Å²) < 4.78 is 16.5. The lowest BCUT2D eigenvalue weighted by molar-refractivity contribution is 0.00984. The fourth-order valence-corrected chi connectivity index (χ4v) is 3.16. The molecule has 0 bridgehead atoms. The molecule has 0 saturated heterocycles. The molecule has 2 aliphatic rings. The van der Waals surface area contributed by atoms with E-state index in [9.17, 15) is 4.79 Å². The highest BCUT2D eigenvalue weighted by molar-refractivity contribution is 5.94. The number of likely N-dealkylation sites (N-methyl/N-ethyl adjacent to an activating group) is 1. The number of fused-ring (bicyclic) bond motifs is 2. The topological polar surface area (TPSA) is 48.0 Å². The Bertz CT molecular complexity index is 774. The van der Waals surface area contributed by atoms with E-state index in [1.807, 2.05) is 12.1 Å². The molecule has 2 aromatic rings. The van der Waals surface area contributed by atoms with Crippen LogP contribution >= 0.6 is 0 Å².